The van der Waals surface area contributed by atoms with Crippen molar-refractivity contribution in [2.45, 2.75) is 26.2 Å². The van der Waals surface area contributed by atoms with Crippen molar-refractivity contribution in [3.63, 3.8) is 0 Å². The van der Waals surface area contributed by atoms with E-state index in [0.717, 1.165) is 30.4 Å². The molecule has 0 unspecified atom stereocenters. The fraction of sp³-hybridized carbons (Fsp3) is 0.545. The summed E-state index contributed by atoms with van der Waals surface area (Å²) in [7, 11) is 0. The molecule has 0 atom stereocenters. The molecule has 1 aromatic rings. The Kier molecular flexibility index (Phi) is 5.47. The second-order valence-electron chi connectivity index (χ2n) is 3.42. The second kappa shape index (κ2) is 6.67. The number of alkyl halides is 1. The topological polar surface area (TPSA) is 42.2 Å². The number of hydrogen-bond donors (Lipinski definition) is 1. The number of hydrogen-bond acceptors (Lipinski definition) is 2. The first-order chi connectivity index (χ1) is 7.24. The van der Waals surface area contributed by atoms with Gasteiger partial charge in [-0.2, -0.15) is 0 Å². The van der Waals surface area contributed by atoms with E-state index in [1.165, 1.54) is 0 Å². The van der Waals surface area contributed by atoms with Gasteiger partial charge in [-0.05, 0) is 31.9 Å². The lowest BCUT2D eigenvalue weighted by Crippen LogP contribution is -2.23. The van der Waals surface area contributed by atoms with Crippen LogP contribution in [0.1, 0.15) is 35.6 Å². The largest absolute Gasteiger partial charge is 0.456 e. The smallest absolute Gasteiger partial charge is 0.286 e. The minimum Gasteiger partial charge on any atom is -0.456 e. The van der Waals surface area contributed by atoms with Gasteiger partial charge in [0, 0.05) is 11.9 Å². The number of halogens is 1. The molecule has 15 heavy (non-hydrogen) atoms. The van der Waals surface area contributed by atoms with E-state index in [0.29, 0.717) is 12.3 Å². The highest BCUT2D eigenvalue weighted by atomic mass is 79.9. The molecular weight excluding hydrogens is 258 g/mol. The van der Waals surface area contributed by atoms with Crippen molar-refractivity contribution < 1.29 is 9.21 Å². The maximum atomic E-state index is 11.5. The molecule has 0 radical (unpaired) electrons. The Hall–Kier alpha value is -0.770. The van der Waals surface area contributed by atoms with Crippen LogP contribution in [0.5, 0.6) is 0 Å². The summed E-state index contributed by atoms with van der Waals surface area (Å²) in [5.74, 6) is 1.04. The van der Waals surface area contributed by atoms with Crippen molar-refractivity contribution in [2.75, 3.05) is 11.9 Å². The molecule has 0 aromatic carbocycles. The lowest BCUT2D eigenvalue weighted by Gasteiger charge is -2.01. The molecule has 0 bridgehead atoms. The number of amides is 1. The summed E-state index contributed by atoms with van der Waals surface area (Å²) in [5, 5.41) is 3.85. The molecule has 0 aliphatic rings. The zero-order chi connectivity index (χ0) is 11.1. The van der Waals surface area contributed by atoms with Gasteiger partial charge in [-0.15, -0.1) is 0 Å². The molecule has 0 saturated carbocycles. The molecule has 0 fully saturated rings. The minimum absolute atomic E-state index is 0.123. The van der Waals surface area contributed by atoms with E-state index in [-0.39, 0.29) is 5.91 Å². The van der Waals surface area contributed by atoms with Gasteiger partial charge in [0.2, 0.25) is 0 Å². The van der Waals surface area contributed by atoms with Gasteiger partial charge >= 0.3 is 0 Å². The van der Waals surface area contributed by atoms with Gasteiger partial charge in [-0.1, -0.05) is 22.4 Å². The molecule has 84 valence electrons. The molecule has 0 aliphatic heterocycles. The van der Waals surface area contributed by atoms with Crippen LogP contribution < -0.4 is 5.32 Å². The van der Waals surface area contributed by atoms with Gasteiger partial charge in [-0.25, -0.2) is 0 Å². The van der Waals surface area contributed by atoms with E-state index in [1.807, 2.05) is 6.92 Å². The Morgan fingerprint density at radius 2 is 2.20 bits per heavy atom. The number of aryl methyl sites for hydroxylation is 1. The maximum absolute atomic E-state index is 11.5. The number of nitrogens with one attached hydrogen (secondary N) is 1. The molecule has 0 spiro atoms. The van der Waals surface area contributed by atoms with Crippen LogP contribution in [0.3, 0.4) is 0 Å². The molecule has 3 nitrogen and oxygen atoms in total. The number of carbonyl (C=O) groups is 1. The van der Waals surface area contributed by atoms with Gasteiger partial charge in [-0.3, -0.25) is 4.79 Å². The van der Waals surface area contributed by atoms with E-state index in [1.54, 1.807) is 12.1 Å². The van der Waals surface area contributed by atoms with Gasteiger partial charge in [0.1, 0.15) is 5.76 Å². The van der Waals surface area contributed by atoms with Crippen LogP contribution in [0, 0.1) is 6.92 Å². The summed E-state index contributed by atoms with van der Waals surface area (Å²) in [6.07, 6.45) is 3.29. The van der Waals surface area contributed by atoms with Crippen molar-refractivity contribution >= 4 is 21.8 Å². The summed E-state index contributed by atoms with van der Waals surface area (Å²) in [4.78, 5) is 11.5. The van der Waals surface area contributed by atoms with E-state index in [4.69, 9.17) is 4.42 Å². The van der Waals surface area contributed by atoms with E-state index < -0.39 is 0 Å². The van der Waals surface area contributed by atoms with Crippen LogP contribution in [-0.2, 0) is 0 Å². The quantitative estimate of drug-likeness (QED) is 0.640. The van der Waals surface area contributed by atoms with Crippen molar-refractivity contribution in [3.8, 4) is 0 Å². The SMILES string of the molecule is Cc1ccc(C(=O)NCCCCCBr)o1. The third-order valence-electron chi connectivity index (χ3n) is 2.06. The average molecular weight is 274 g/mol. The van der Waals surface area contributed by atoms with Gasteiger partial charge < -0.3 is 9.73 Å². The zero-order valence-electron chi connectivity index (χ0n) is 8.88. The number of rotatable bonds is 6. The van der Waals surface area contributed by atoms with Crippen molar-refractivity contribution in [1.29, 1.82) is 0 Å². The van der Waals surface area contributed by atoms with Gasteiger partial charge in [0.25, 0.3) is 5.91 Å². The zero-order valence-corrected chi connectivity index (χ0v) is 10.5. The highest BCUT2D eigenvalue weighted by Gasteiger charge is 2.08. The summed E-state index contributed by atoms with van der Waals surface area (Å²) < 4.78 is 5.20. The highest BCUT2D eigenvalue weighted by molar-refractivity contribution is 9.09. The van der Waals surface area contributed by atoms with Crippen LogP contribution in [-0.4, -0.2) is 17.8 Å². The summed E-state index contributed by atoms with van der Waals surface area (Å²) in [6, 6.07) is 3.49. The Bertz CT molecular complexity index is 309. The van der Waals surface area contributed by atoms with Crippen molar-refractivity contribution in [2.24, 2.45) is 0 Å². The molecule has 1 heterocycles. The van der Waals surface area contributed by atoms with Gasteiger partial charge in [0.05, 0.1) is 0 Å². The minimum atomic E-state index is -0.123. The molecule has 1 aromatic heterocycles. The van der Waals surface area contributed by atoms with E-state index >= 15 is 0 Å². The molecule has 0 aliphatic carbocycles. The monoisotopic (exact) mass is 273 g/mol. The van der Waals surface area contributed by atoms with Crippen molar-refractivity contribution in [3.05, 3.63) is 23.7 Å². The first-order valence-corrected chi connectivity index (χ1v) is 6.27. The number of carbonyl (C=O) groups excluding carboxylic acids is 1. The lowest BCUT2D eigenvalue weighted by atomic mass is 10.2. The van der Waals surface area contributed by atoms with Gasteiger partial charge in [0.15, 0.2) is 5.76 Å². The summed E-state index contributed by atoms with van der Waals surface area (Å²) in [6.45, 7) is 2.54. The molecular formula is C11H16BrNO2. The predicted octanol–water partition coefficient (Wildman–Crippen LogP) is 2.88. The van der Waals surface area contributed by atoms with Crippen LogP contribution in [0.2, 0.25) is 0 Å². The second-order valence-corrected chi connectivity index (χ2v) is 4.21. The normalized spacial score (nSPS) is 10.3. The first kappa shape index (κ1) is 12.3. The van der Waals surface area contributed by atoms with E-state index in [2.05, 4.69) is 21.2 Å². The van der Waals surface area contributed by atoms with Crippen LogP contribution in [0.4, 0.5) is 0 Å². The lowest BCUT2D eigenvalue weighted by molar-refractivity contribution is 0.0924. The number of furan rings is 1. The Morgan fingerprint density at radius 3 is 2.80 bits per heavy atom. The van der Waals surface area contributed by atoms with Crippen LogP contribution in [0.15, 0.2) is 16.5 Å². The fourth-order valence-corrected chi connectivity index (χ4v) is 1.64. The highest BCUT2D eigenvalue weighted by Crippen LogP contribution is 2.05. The Labute approximate surface area is 98.4 Å². The third kappa shape index (κ3) is 4.51. The van der Waals surface area contributed by atoms with Crippen LogP contribution >= 0.6 is 15.9 Å². The summed E-state index contributed by atoms with van der Waals surface area (Å²) >= 11 is 3.37. The van der Waals surface area contributed by atoms with Crippen LogP contribution in [0.25, 0.3) is 0 Å². The fourth-order valence-electron chi connectivity index (χ4n) is 1.24. The third-order valence-corrected chi connectivity index (χ3v) is 2.62. The molecule has 1 N–H and O–H groups in total. The van der Waals surface area contributed by atoms with E-state index in [9.17, 15) is 4.79 Å². The summed E-state index contributed by atoms with van der Waals surface area (Å²) in [5.41, 5.74) is 0. The average Bonchev–Trinajstić information content (AvgIpc) is 2.64. The maximum Gasteiger partial charge on any atom is 0.286 e. The molecule has 1 rings (SSSR count). The molecule has 0 saturated heterocycles. The molecule has 4 heteroatoms. The Balaban J connectivity index is 2.19. The van der Waals surface area contributed by atoms with Crippen molar-refractivity contribution in [1.82, 2.24) is 5.32 Å². The Morgan fingerprint density at radius 1 is 1.40 bits per heavy atom. The number of unbranched alkanes of at least 4 members (excludes halogenated alkanes) is 2. The predicted molar refractivity (Wildman–Crippen MR) is 63.4 cm³/mol. The molecule has 1 amide bonds. The standard InChI is InChI=1S/C11H16BrNO2/c1-9-5-6-10(15-9)11(14)13-8-4-2-3-7-12/h5-6H,2-4,7-8H2,1H3,(H,13,14). The first-order valence-electron chi connectivity index (χ1n) is 5.14.